The molecule has 7 heteroatoms. The van der Waals surface area contributed by atoms with Gasteiger partial charge in [0.05, 0.1) is 11.5 Å². The summed E-state index contributed by atoms with van der Waals surface area (Å²) in [6.45, 7) is 4.93. The second-order valence-corrected chi connectivity index (χ2v) is 7.75. The Labute approximate surface area is 125 Å². The van der Waals surface area contributed by atoms with Gasteiger partial charge in [-0.1, -0.05) is 13.3 Å². The molecule has 0 radical (unpaired) electrons. The van der Waals surface area contributed by atoms with Crippen molar-refractivity contribution in [3.63, 3.8) is 0 Å². The fourth-order valence-corrected chi connectivity index (χ4v) is 4.96. The quantitative estimate of drug-likeness (QED) is 0.729. The Morgan fingerprint density at radius 1 is 1.45 bits per heavy atom. The van der Waals surface area contributed by atoms with Gasteiger partial charge in [0.2, 0.25) is 10.0 Å². The Hall–Kier alpha value is -0.470. The molecule has 116 valence electrons. The Balaban J connectivity index is 2.91. The van der Waals surface area contributed by atoms with Gasteiger partial charge in [0.1, 0.15) is 0 Å². The first-order valence-corrected chi connectivity index (χ1v) is 8.99. The molecule has 0 aliphatic heterocycles. The molecule has 0 fully saturated rings. The maximum absolute atomic E-state index is 12.5. The van der Waals surface area contributed by atoms with Gasteiger partial charge in [-0.05, 0) is 26.5 Å². The van der Waals surface area contributed by atoms with Gasteiger partial charge in [0.15, 0.2) is 0 Å². The molecule has 1 heterocycles. The van der Waals surface area contributed by atoms with Crippen LogP contribution in [-0.2, 0) is 21.3 Å². The largest absolute Gasteiger partial charge is 0.383 e. The predicted molar refractivity (Wildman–Crippen MR) is 82.7 cm³/mol. The number of nitrogens with one attached hydrogen (secondary N) is 2. The van der Waals surface area contributed by atoms with Gasteiger partial charge in [-0.3, -0.25) is 0 Å². The van der Waals surface area contributed by atoms with Crippen molar-refractivity contribution in [2.75, 3.05) is 20.8 Å². The number of ether oxygens (including phenoxy) is 1. The zero-order valence-electron chi connectivity index (χ0n) is 12.5. The second-order valence-electron chi connectivity index (χ2n) is 4.73. The standard InChI is InChI=1S/C13H24N2O3S2/c1-5-6-11(9-18-4)15-20(16,17)13-7-12(8-14-3)19-10(13)2/h7,11,14-15H,5-6,8-9H2,1-4H3. The van der Waals surface area contributed by atoms with Crippen molar-refractivity contribution in [3.8, 4) is 0 Å². The molecule has 0 aromatic carbocycles. The first-order chi connectivity index (χ1) is 9.44. The Morgan fingerprint density at radius 3 is 2.70 bits per heavy atom. The molecular weight excluding hydrogens is 296 g/mol. The van der Waals surface area contributed by atoms with E-state index in [4.69, 9.17) is 4.74 Å². The predicted octanol–water partition coefficient (Wildman–Crippen LogP) is 1.87. The Morgan fingerprint density at radius 2 is 2.15 bits per heavy atom. The fraction of sp³-hybridized carbons (Fsp3) is 0.692. The summed E-state index contributed by atoms with van der Waals surface area (Å²) in [4.78, 5) is 2.21. The lowest BCUT2D eigenvalue weighted by Gasteiger charge is -2.17. The van der Waals surface area contributed by atoms with Gasteiger partial charge in [-0.15, -0.1) is 11.3 Å². The van der Waals surface area contributed by atoms with Crippen LogP contribution in [0.15, 0.2) is 11.0 Å². The summed E-state index contributed by atoms with van der Waals surface area (Å²) in [6, 6.07) is 1.57. The van der Waals surface area contributed by atoms with Gasteiger partial charge < -0.3 is 10.1 Å². The molecule has 0 bridgehead atoms. The van der Waals surface area contributed by atoms with Gasteiger partial charge >= 0.3 is 0 Å². The van der Waals surface area contributed by atoms with Gasteiger partial charge in [0, 0.05) is 29.5 Å². The van der Waals surface area contributed by atoms with E-state index in [2.05, 4.69) is 10.0 Å². The maximum atomic E-state index is 12.5. The molecule has 0 aliphatic rings. The van der Waals surface area contributed by atoms with E-state index in [-0.39, 0.29) is 6.04 Å². The van der Waals surface area contributed by atoms with E-state index in [9.17, 15) is 8.42 Å². The van der Waals surface area contributed by atoms with Crippen molar-refractivity contribution in [2.24, 2.45) is 0 Å². The first-order valence-electron chi connectivity index (χ1n) is 6.69. The number of rotatable bonds is 9. The summed E-state index contributed by atoms with van der Waals surface area (Å²) in [6.07, 6.45) is 1.67. The van der Waals surface area contributed by atoms with Gasteiger partial charge in [-0.25, -0.2) is 13.1 Å². The van der Waals surface area contributed by atoms with Crippen LogP contribution in [0.2, 0.25) is 0 Å². The lowest BCUT2D eigenvalue weighted by Crippen LogP contribution is -2.37. The highest BCUT2D eigenvalue weighted by atomic mass is 32.2. The molecule has 5 nitrogen and oxygen atoms in total. The van der Waals surface area contributed by atoms with Crippen molar-refractivity contribution >= 4 is 21.4 Å². The van der Waals surface area contributed by atoms with Crippen LogP contribution >= 0.6 is 11.3 Å². The zero-order valence-corrected chi connectivity index (χ0v) is 14.2. The number of aryl methyl sites for hydroxylation is 1. The third kappa shape index (κ3) is 4.82. The van der Waals surface area contributed by atoms with Crippen molar-refractivity contribution in [3.05, 3.63) is 15.8 Å². The summed E-state index contributed by atoms with van der Waals surface area (Å²) in [5.41, 5.74) is 0. The number of sulfonamides is 1. The van der Waals surface area contributed by atoms with E-state index in [0.717, 1.165) is 22.6 Å². The third-order valence-corrected chi connectivity index (χ3v) is 5.72. The lowest BCUT2D eigenvalue weighted by molar-refractivity contribution is 0.171. The monoisotopic (exact) mass is 320 g/mol. The van der Waals surface area contributed by atoms with Crippen LogP contribution in [0.25, 0.3) is 0 Å². The van der Waals surface area contributed by atoms with Crippen LogP contribution in [0.1, 0.15) is 29.5 Å². The second kappa shape index (κ2) is 8.09. The number of hydrogen-bond donors (Lipinski definition) is 2. The van der Waals surface area contributed by atoms with Crippen LogP contribution in [0, 0.1) is 6.92 Å². The van der Waals surface area contributed by atoms with Crippen molar-refractivity contribution < 1.29 is 13.2 Å². The maximum Gasteiger partial charge on any atom is 0.242 e. The molecule has 0 spiro atoms. The van der Waals surface area contributed by atoms with Crippen molar-refractivity contribution in [1.82, 2.24) is 10.0 Å². The lowest BCUT2D eigenvalue weighted by atomic mass is 10.2. The van der Waals surface area contributed by atoms with E-state index >= 15 is 0 Å². The summed E-state index contributed by atoms with van der Waals surface area (Å²) < 4.78 is 32.7. The smallest absolute Gasteiger partial charge is 0.242 e. The van der Waals surface area contributed by atoms with Crippen LogP contribution in [0.3, 0.4) is 0 Å². The van der Waals surface area contributed by atoms with Crippen molar-refractivity contribution in [2.45, 2.75) is 44.2 Å². The minimum atomic E-state index is -3.48. The first kappa shape index (κ1) is 17.6. The van der Waals surface area contributed by atoms with Crippen LogP contribution < -0.4 is 10.0 Å². The van der Waals surface area contributed by atoms with Crippen LogP contribution in [0.5, 0.6) is 0 Å². The molecule has 1 rings (SSSR count). The minimum absolute atomic E-state index is 0.179. The molecule has 1 aromatic rings. The molecule has 2 N–H and O–H groups in total. The molecular formula is C13H24N2O3S2. The number of methoxy groups -OCH3 is 1. The highest BCUT2D eigenvalue weighted by Crippen LogP contribution is 2.26. The topological polar surface area (TPSA) is 67.4 Å². The van der Waals surface area contributed by atoms with Gasteiger partial charge in [-0.2, -0.15) is 0 Å². The molecule has 0 amide bonds. The Bertz CT molecular complexity index is 506. The number of thiophene rings is 1. The summed E-state index contributed by atoms with van der Waals surface area (Å²) in [7, 11) is -0.0536. The highest BCUT2D eigenvalue weighted by Gasteiger charge is 2.23. The molecule has 20 heavy (non-hydrogen) atoms. The van der Waals surface area contributed by atoms with Crippen LogP contribution in [0.4, 0.5) is 0 Å². The zero-order chi connectivity index (χ0) is 15.2. The van der Waals surface area contributed by atoms with E-state index in [0.29, 0.717) is 18.0 Å². The fourth-order valence-electron chi connectivity index (χ4n) is 2.06. The number of hydrogen-bond acceptors (Lipinski definition) is 5. The molecule has 0 saturated carbocycles. The van der Waals surface area contributed by atoms with E-state index in [1.807, 2.05) is 20.9 Å². The molecule has 1 unspecified atom stereocenters. The van der Waals surface area contributed by atoms with Gasteiger partial charge in [0.25, 0.3) is 0 Å². The summed E-state index contributed by atoms with van der Waals surface area (Å²) >= 11 is 1.51. The third-order valence-electron chi connectivity index (χ3n) is 2.89. The Kier molecular flexibility index (Phi) is 7.11. The van der Waals surface area contributed by atoms with E-state index in [1.54, 1.807) is 13.2 Å². The average molecular weight is 320 g/mol. The molecule has 1 atom stereocenters. The minimum Gasteiger partial charge on any atom is -0.383 e. The summed E-state index contributed by atoms with van der Waals surface area (Å²) in [5.74, 6) is 0. The van der Waals surface area contributed by atoms with E-state index < -0.39 is 10.0 Å². The average Bonchev–Trinajstić information content (AvgIpc) is 2.72. The van der Waals surface area contributed by atoms with Crippen molar-refractivity contribution in [1.29, 1.82) is 0 Å². The molecule has 0 aliphatic carbocycles. The van der Waals surface area contributed by atoms with Crippen LogP contribution in [-0.4, -0.2) is 35.2 Å². The normalized spacial score (nSPS) is 13.6. The SMILES string of the molecule is CCCC(COC)NS(=O)(=O)c1cc(CNC)sc1C. The molecule has 0 saturated heterocycles. The highest BCUT2D eigenvalue weighted by molar-refractivity contribution is 7.89. The van der Waals surface area contributed by atoms with E-state index in [1.165, 1.54) is 11.3 Å². The summed E-state index contributed by atoms with van der Waals surface area (Å²) in [5, 5.41) is 3.03. The molecule has 1 aromatic heterocycles.